The van der Waals surface area contributed by atoms with Crippen molar-refractivity contribution in [3.05, 3.63) is 80.3 Å². The number of hydrogen-bond donors (Lipinski definition) is 2. The monoisotopic (exact) mass is 419 g/mol. The molecule has 6 nitrogen and oxygen atoms in total. The van der Waals surface area contributed by atoms with Crippen LogP contribution in [-0.4, -0.2) is 15.9 Å². The molecule has 0 radical (unpaired) electrons. The van der Waals surface area contributed by atoms with Crippen LogP contribution in [0.1, 0.15) is 10.4 Å². The standard InChI is InChI=1S/C18H11Cl2N3O3S/c19-14-6-2-3-11-12(14)4-1-5-13(11)17(24)22-18(27)21-16-8-7-10(23(25)26)9-15(16)20/h1-9H,(H2,21,22,24,27). The molecular formula is C18H11Cl2N3O3S. The molecule has 0 saturated carbocycles. The minimum Gasteiger partial charge on any atom is -0.331 e. The lowest BCUT2D eigenvalue weighted by molar-refractivity contribution is -0.384. The summed E-state index contributed by atoms with van der Waals surface area (Å²) in [6, 6.07) is 14.4. The second kappa shape index (κ2) is 7.87. The van der Waals surface area contributed by atoms with Crippen LogP contribution in [0.15, 0.2) is 54.6 Å². The summed E-state index contributed by atoms with van der Waals surface area (Å²) in [5.74, 6) is -0.418. The van der Waals surface area contributed by atoms with Gasteiger partial charge in [-0.05, 0) is 35.8 Å². The molecule has 0 heterocycles. The Hall–Kier alpha value is -2.74. The zero-order valence-electron chi connectivity index (χ0n) is 13.5. The van der Waals surface area contributed by atoms with Crippen molar-refractivity contribution >= 4 is 68.6 Å². The lowest BCUT2D eigenvalue weighted by atomic mass is 10.0. The SMILES string of the molecule is O=C(NC(=S)Nc1ccc([N+](=O)[O-])cc1Cl)c1cccc2c(Cl)cccc12. The summed E-state index contributed by atoms with van der Waals surface area (Å²) < 4.78 is 0. The third-order valence-electron chi connectivity index (χ3n) is 3.75. The molecule has 136 valence electrons. The van der Waals surface area contributed by atoms with Gasteiger partial charge in [0.15, 0.2) is 5.11 Å². The van der Waals surface area contributed by atoms with Crippen LogP contribution in [0, 0.1) is 10.1 Å². The topological polar surface area (TPSA) is 84.3 Å². The number of amides is 1. The predicted octanol–water partition coefficient (Wildman–Crippen LogP) is 5.18. The molecule has 0 bridgehead atoms. The van der Waals surface area contributed by atoms with E-state index in [0.717, 1.165) is 5.39 Å². The number of nitro benzene ring substituents is 1. The van der Waals surface area contributed by atoms with Crippen molar-refractivity contribution in [2.75, 3.05) is 5.32 Å². The van der Waals surface area contributed by atoms with E-state index in [1.54, 1.807) is 30.3 Å². The van der Waals surface area contributed by atoms with Crippen molar-refractivity contribution in [2.24, 2.45) is 0 Å². The fourth-order valence-electron chi connectivity index (χ4n) is 2.51. The zero-order chi connectivity index (χ0) is 19.6. The number of thiocarbonyl (C=S) groups is 1. The Balaban J connectivity index is 1.78. The number of carbonyl (C=O) groups excluding carboxylic acids is 1. The lowest BCUT2D eigenvalue weighted by Gasteiger charge is -2.12. The van der Waals surface area contributed by atoms with Crippen molar-refractivity contribution in [1.29, 1.82) is 0 Å². The molecule has 9 heteroatoms. The van der Waals surface area contributed by atoms with Gasteiger partial charge >= 0.3 is 0 Å². The number of nitro groups is 1. The summed E-state index contributed by atoms with van der Waals surface area (Å²) >= 11 is 17.3. The van der Waals surface area contributed by atoms with Gasteiger partial charge in [-0.25, -0.2) is 0 Å². The van der Waals surface area contributed by atoms with Crippen LogP contribution in [0.3, 0.4) is 0 Å². The van der Waals surface area contributed by atoms with Gasteiger partial charge in [0.25, 0.3) is 11.6 Å². The number of nitrogens with zero attached hydrogens (tertiary/aromatic N) is 1. The van der Waals surface area contributed by atoms with Gasteiger partial charge in [-0.1, -0.05) is 47.5 Å². The number of nitrogens with one attached hydrogen (secondary N) is 2. The summed E-state index contributed by atoms with van der Waals surface area (Å²) in [6.07, 6.45) is 0. The maximum Gasteiger partial charge on any atom is 0.271 e. The van der Waals surface area contributed by atoms with Crippen molar-refractivity contribution in [2.45, 2.75) is 0 Å². The smallest absolute Gasteiger partial charge is 0.271 e. The van der Waals surface area contributed by atoms with Crippen LogP contribution in [0.5, 0.6) is 0 Å². The molecule has 1 amide bonds. The molecule has 0 aromatic heterocycles. The van der Waals surface area contributed by atoms with Gasteiger partial charge in [0, 0.05) is 28.1 Å². The van der Waals surface area contributed by atoms with Crippen LogP contribution < -0.4 is 10.6 Å². The summed E-state index contributed by atoms with van der Waals surface area (Å²) in [5, 5.41) is 18.2. The van der Waals surface area contributed by atoms with Gasteiger partial charge in [0.05, 0.1) is 15.6 Å². The van der Waals surface area contributed by atoms with Gasteiger partial charge in [-0.3, -0.25) is 20.2 Å². The van der Waals surface area contributed by atoms with E-state index in [9.17, 15) is 14.9 Å². The van der Waals surface area contributed by atoms with E-state index >= 15 is 0 Å². The molecule has 3 aromatic carbocycles. The van der Waals surface area contributed by atoms with Crippen LogP contribution in [-0.2, 0) is 0 Å². The highest BCUT2D eigenvalue weighted by Gasteiger charge is 2.14. The molecule has 0 atom stereocenters. The number of carbonyl (C=O) groups is 1. The molecule has 0 spiro atoms. The second-order valence-electron chi connectivity index (χ2n) is 5.47. The van der Waals surface area contributed by atoms with E-state index in [2.05, 4.69) is 10.6 Å². The Morgan fingerprint density at radius 2 is 1.70 bits per heavy atom. The molecule has 0 aliphatic rings. The summed E-state index contributed by atoms with van der Waals surface area (Å²) in [4.78, 5) is 22.8. The Labute approximate surface area is 169 Å². The van der Waals surface area contributed by atoms with E-state index in [1.807, 2.05) is 6.07 Å². The summed E-state index contributed by atoms with van der Waals surface area (Å²) in [6.45, 7) is 0. The van der Waals surface area contributed by atoms with Crippen LogP contribution >= 0.6 is 35.4 Å². The molecule has 3 rings (SSSR count). The van der Waals surface area contributed by atoms with E-state index in [0.29, 0.717) is 21.7 Å². The number of fused-ring (bicyclic) bond motifs is 1. The Morgan fingerprint density at radius 3 is 2.41 bits per heavy atom. The molecule has 3 aromatic rings. The first-order chi connectivity index (χ1) is 12.9. The Morgan fingerprint density at radius 1 is 1.00 bits per heavy atom. The molecule has 0 unspecified atom stereocenters. The van der Waals surface area contributed by atoms with Crippen molar-refractivity contribution in [1.82, 2.24) is 5.32 Å². The van der Waals surface area contributed by atoms with Crippen LogP contribution in [0.4, 0.5) is 11.4 Å². The van der Waals surface area contributed by atoms with Crippen molar-refractivity contribution in [3.63, 3.8) is 0 Å². The van der Waals surface area contributed by atoms with Crippen LogP contribution in [0.25, 0.3) is 10.8 Å². The quantitative estimate of drug-likeness (QED) is 0.347. The fourth-order valence-corrected chi connectivity index (χ4v) is 3.17. The summed E-state index contributed by atoms with van der Waals surface area (Å²) in [7, 11) is 0. The maximum absolute atomic E-state index is 12.6. The number of rotatable bonds is 3. The molecule has 0 aliphatic heterocycles. The number of halogens is 2. The average molecular weight is 420 g/mol. The zero-order valence-corrected chi connectivity index (χ0v) is 15.9. The minimum atomic E-state index is -0.554. The first-order valence-corrected chi connectivity index (χ1v) is 8.77. The van der Waals surface area contributed by atoms with Gasteiger partial charge in [0.1, 0.15) is 0 Å². The number of non-ortho nitro benzene ring substituents is 1. The normalized spacial score (nSPS) is 10.4. The largest absolute Gasteiger partial charge is 0.331 e. The Bertz CT molecular complexity index is 1090. The van der Waals surface area contributed by atoms with Gasteiger partial charge in [-0.15, -0.1) is 0 Å². The third-order valence-corrected chi connectivity index (χ3v) is 4.60. The van der Waals surface area contributed by atoms with E-state index in [1.165, 1.54) is 18.2 Å². The maximum atomic E-state index is 12.6. The molecule has 2 N–H and O–H groups in total. The second-order valence-corrected chi connectivity index (χ2v) is 6.69. The van der Waals surface area contributed by atoms with E-state index < -0.39 is 10.8 Å². The van der Waals surface area contributed by atoms with Gasteiger partial charge in [-0.2, -0.15) is 0 Å². The first-order valence-electron chi connectivity index (χ1n) is 7.60. The van der Waals surface area contributed by atoms with Gasteiger partial charge < -0.3 is 5.32 Å². The predicted molar refractivity (Wildman–Crippen MR) is 111 cm³/mol. The number of benzene rings is 3. The molecule has 0 aliphatic carbocycles. The third kappa shape index (κ3) is 4.16. The fraction of sp³-hybridized carbons (Fsp3) is 0. The molecule has 27 heavy (non-hydrogen) atoms. The highest BCUT2D eigenvalue weighted by molar-refractivity contribution is 7.80. The van der Waals surface area contributed by atoms with Crippen molar-refractivity contribution in [3.8, 4) is 0 Å². The molecular weight excluding hydrogens is 409 g/mol. The first kappa shape index (κ1) is 19.0. The minimum absolute atomic E-state index is 0.00906. The number of anilines is 1. The lowest BCUT2D eigenvalue weighted by Crippen LogP contribution is -2.34. The highest BCUT2D eigenvalue weighted by Crippen LogP contribution is 2.27. The highest BCUT2D eigenvalue weighted by atomic mass is 35.5. The molecule has 0 fully saturated rings. The summed E-state index contributed by atoms with van der Waals surface area (Å²) in [5.41, 5.74) is 0.607. The van der Waals surface area contributed by atoms with E-state index in [4.69, 9.17) is 35.4 Å². The molecule has 0 saturated heterocycles. The van der Waals surface area contributed by atoms with Gasteiger partial charge in [0.2, 0.25) is 0 Å². The van der Waals surface area contributed by atoms with Crippen LogP contribution in [0.2, 0.25) is 10.0 Å². The Kier molecular flexibility index (Phi) is 5.55. The van der Waals surface area contributed by atoms with Crippen molar-refractivity contribution < 1.29 is 9.72 Å². The van der Waals surface area contributed by atoms with E-state index in [-0.39, 0.29) is 15.8 Å². The average Bonchev–Trinajstić information content (AvgIpc) is 2.63. The number of hydrogen-bond acceptors (Lipinski definition) is 4.